The van der Waals surface area contributed by atoms with Crippen LogP contribution in [0.2, 0.25) is 0 Å². The van der Waals surface area contributed by atoms with Gasteiger partial charge in [-0.05, 0) is 19.9 Å². The van der Waals surface area contributed by atoms with Crippen LogP contribution in [-0.4, -0.2) is 58.7 Å². The van der Waals surface area contributed by atoms with Crippen LogP contribution in [0.4, 0.5) is 5.82 Å². The Balaban J connectivity index is 0.00000172. The summed E-state index contributed by atoms with van der Waals surface area (Å²) in [7, 11) is -2.23. The van der Waals surface area contributed by atoms with Crippen molar-refractivity contribution < 1.29 is 14.6 Å². The Labute approximate surface area is 120 Å². The Kier molecular flexibility index (Phi) is 8.37. The van der Waals surface area contributed by atoms with Crippen LogP contribution in [0.25, 0.3) is 0 Å². The number of likely N-dealkylation sites (N-methyl/N-ethyl adjacent to an activating group) is 1. The fourth-order valence-electron chi connectivity index (χ4n) is 1.50. The summed E-state index contributed by atoms with van der Waals surface area (Å²) in [4.78, 5) is 19.9. The molecule has 0 atom stereocenters. The van der Waals surface area contributed by atoms with E-state index < -0.39 is 13.0 Å². The Bertz CT molecular complexity index is 430. The maximum Gasteiger partial charge on any atom is 0.266 e. The van der Waals surface area contributed by atoms with Crippen molar-refractivity contribution in [1.82, 2.24) is 14.9 Å². The van der Waals surface area contributed by atoms with Crippen LogP contribution in [0.1, 0.15) is 20.8 Å². The minimum absolute atomic E-state index is 0.0116. The zero-order valence-corrected chi connectivity index (χ0v) is 13.7. The van der Waals surface area contributed by atoms with Gasteiger partial charge in [0.15, 0.2) is 5.82 Å². The molecular formula is C12H25N4O3P. The molecule has 8 heteroatoms. The minimum Gasteiger partial charge on any atom is -0.329 e. The van der Waals surface area contributed by atoms with Gasteiger partial charge in [0.05, 0.1) is 32.5 Å². The lowest BCUT2D eigenvalue weighted by atomic mass is 10.5. The van der Waals surface area contributed by atoms with Crippen LogP contribution in [0, 0.1) is 0 Å². The first-order valence-corrected chi connectivity index (χ1v) is 9.38. The van der Waals surface area contributed by atoms with Gasteiger partial charge in [0.2, 0.25) is 0 Å². The van der Waals surface area contributed by atoms with Gasteiger partial charge in [-0.1, -0.05) is 20.8 Å². The van der Waals surface area contributed by atoms with E-state index in [1.54, 1.807) is 18.2 Å². The third kappa shape index (κ3) is 6.84. The highest BCUT2D eigenvalue weighted by molar-refractivity contribution is 7.62. The van der Waals surface area contributed by atoms with E-state index in [0.717, 1.165) is 0 Å². The molecule has 0 spiro atoms. The molecule has 1 heterocycles. The monoisotopic (exact) mass is 304 g/mol. The second-order valence-electron chi connectivity index (χ2n) is 4.50. The van der Waals surface area contributed by atoms with Gasteiger partial charge in [-0.3, -0.25) is 14.9 Å². The summed E-state index contributed by atoms with van der Waals surface area (Å²) in [5.41, 5.74) is 0. The first-order chi connectivity index (χ1) is 9.33. The third-order valence-electron chi connectivity index (χ3n) is 2.29. The zero-order valence-electron chi connectivity index (χ0n) is 12.8. The Morgan fingerprint density at radius 1 is 1.45 bits per heavy atom. The average Bonchev–Trinajstić information content (AvgIpc) is 2.91. The number of hydrogen-bond donors (Lipinski definition) is 2. The summed E-state index contributed by atoms with van der Waals surface area (Å²) < 4.78 is 11.7. The Morgan fingerprint density at radius 3 is 2.45 bits per heavy atom. The molecule has 0 bridgehead atoms. The molecular weight excluding hydrogens is 279 g/mol. The number of anilines is 1. The number of hydroxylamine groups is 1. The van der Waals surface area contributed by atoms with Crippen LogP contribution in [-0.2, 0) is 9.36 Å². The number of hydrogen-bond acceptors (Lipinski definition) is 5. The fraction of sp³-hybridized carbons (Fsp3) is 0.667. The third-order valence-corrected chi connectivity index (χ3v) is 3.38. The number of amides is 1. The lowest BCUT2D eigenvalue weighted by Gasteiger charge is -2.23. The maximum atomic E-state index is 11.8. The number of carbonyl (C=O) groups excluding carboxylic acids is 1. The van der Waals surface area contributed by atoms with Crippen LogP contribution < -0.4 is 5.06 Å². The van der Waals surface area contributed by atoms with Crippen molar-refractivity contribution in [2.24, 2.45) is 0 Å². The normalized spacial score (nSPS) is 10.9. The quantitative estimate of drug-likeness (QED) is 0.477. The summed E-state index contributed by atoms with van der Waals surface area (Å²) >= 11 is 0. The largest absolute Gasteiger partial charge is 0.329 e. The molecule has 0 radical (unpaired) electrons. The van der Waals surface area contributed by atoms with Crippen LogP contribution in [0.3, 0.4) is 0 Å². The first kappa shape index (κ1) is 18.8. The van der Waals surface area contributed by atoms with Crippen molar-refractivity contribution in [3.8, 4) is 0 Å². The molecule has 0 saturated carbocycles. The highest BCUT2D eigenvalue weighted by atomic mass is 31.2. The van der Waals surface area contributed by atoms with E-state index in [4.69, 9.17) is 0 Å². The number of H-pyrrole nitrogens is 1. The molecule has 2 N–H and O–H groups in total. The Morgan fingerprint density at radius 2 is 2.05 bits per heavy atom. The molecule has 1 rings (SSSR count). The van der Waals surface area contributed by atoms with Crippen molar-refractivity contribution in [3.63, 3.8) is 0 Å². The number of nitrogens with one attached hydrogen (secondary N) is 1. The minimum atomic E-state index is -2.23. The summed E-state index contributed by atoms with van der Waals surface area (Å²) in [6.45, 7) is 9.82. The predicted molar refractivity (Wildman–Crippen MR) is 80.8 cm³/mol. The number of imidazole rings is 1. The van der Waals surface area contributed by atoms with Gasteiger partial charge in [-0.15, -0.1) is 0 Å². The van der Waals surface area contributed by atoms with E-state index >= 15 is 0 Å². The molecule has 0 saturated heterocycles. The smallest absolute Gasteiger partial charge is 0.266 e. The van der Waals surface area contributed by atoms with Gasteiger partial charge in [-0.25, -0.2) is 4.98 Å². The van der Waals surface area contributed by atoms with Crippen LogP contribution in [0.15, 0.2) is 12.5 Å². The zero-order chi connectivity index (χ0) is 15.8. The van der Waals surface area contributed by atoms with Gasteiger partial charge in [0.1, 0.15) is 0 Å². The van der Waals surface area contributed by atoms with E-state index in [0.29, 0.717) is 17.9 Å². The molecule has 116 valence electrons. The number of nitrogens with zero attached hydrogens (tertiary/aromatic N) is 3. The second-order valence-corrected chi connectivity index (χ2v) is 7.93. The number of aromatic nitrogens is 2. The van der Waals surface area contributed by atoms with Gasteiger partial charge in [-0.2, -0.15) is 5.06 Å². The van der Waals surface area contributed by atoms with Crippen LogP contribution >= 0.6 is 7.14 Å². The second kappa shape index (κ2) is 8.89. The SMILES string of the molecule is CC.CCN(CC(=O)N(O)c1cnc[nH]1)CP(C)(C)=O. The maximum absolute atomic E-state index is 11.8. The molecule has 1 aromatic rings. The predicted octanol–water partition coefficient (Wildman–Crippen LogP) is 2.06. The van der Waals surface area contributed by atoms with Crippen LogP contribution in [0.5, 0.6) is 0 Å². The molecule has 0 aliphatic rings. The topological polar surface area (TPSA) is 89.5 Å². The van der Waals surface area contributed by atoms with Crippen molar-refractivity contribution in [2.75, 3.05) is 37.8 Å². The van der Waals surface area contributed by atoms with Gasteiger partial charge < -0.3 is 9.55 Å². The van der Waals surface area contributed by atoms with E-state index in [1.165, 1.54) is 12.5 Å². The molecule has 0 aliphatic heterocycles. The molecule has 1 aromatic heterocycles. The number of carbonyl (C=O) groups is 1. The molecule has 0 fully saturated rings. The van der Waals surface area contributed by atoms with Gasteiger partial charge in [0, 0.05) is 0 Å². The van der Waals surface area contributed by atoms with E-state index in [2.05, 4.69) is 9.97 Å². The molecule has 7 nitrogen and oxygen atoms in total. The van der Waals surface area contributed by atoms with Gasteiger partial charge >= 0.3 is 0 Å². The lowest BCUT2D eigenvalue weighted by Crippen LogP contribution is -2.39. The summed E-state index contributed by atoms with van der Waals surface area (Å²) in [6.07, 6.45) is 3.07. The standard InChI is InChI=1S/C10H19N4O3P.C2H6/c1-4-13(8-18(2,3)17)6-10(15)14(16)9-5-11-7-12-9;1-2/h5,7,16H,4,6,8H2,1-3H3,(H,11,12);1-2H3. The summed E-state index contributed by atoms with van der Waals surface area (Å²) in [5.74, 6) is -0.276. The average molecular weight is 304 g/mol. The molecule has 0 aromatic carbocycles. The fourth-order valence-corrected chi connectivity index (χ4v) is 2.76. The van der Waals surface area contributed by atoms with Gasteiger partial charge in [0.25, 0.3) is 5.91 Å². The molecule has 20 heavy (non-hydrogen) atoms. The number of aromatic amines is 1. The van der Waals surface area contributed by atoms with Crippen molar-refractivity contribution in [2.45, 2.75) is 20.8 Å². The molecule has 0 aliphatic carbocycles. The highest BCUT2D eigenvalue weighted by Crippen LogP contribution is 2.36. The summed E-state index contributed by atoms with van der Waals surface area (Å²) in [5, 5.41) is 10.2. The van der Waals surface area contributed by atoms with Crippen molar-refractivity contribution in [3.05, 3.63) is 12.5 Å². The summed E-state index contributed by atoms with van der Waals surface area (Å²) in [6, 6.07) is 0. The molecule has 1 amide bonds. The highest BCUT2D eigenvalue weighted by Gasteiger charge is 2.20. The lowest BCUT2D eigenvalue weighted by molar-refractivity contribution is -0.124. The van der Waals surface area contributed by atoms with Crippen molar-refractivity contribution in [1.29, 1.82) is 0 Å². The van der Waals surface area contributed by atoms with E-state index in [-0.39, 0.29) is 12.4 Å². The van der Waals surface area contributed by atoms with E-state index in [1.807, 2.05) is 20.8 Å². The Hall–Kier alpha value is -1.17. The van der Waals surface area contributed by atoms with Crippen molar-refractivity contribution >= 4 is 18.9 Å². The molecule has 0 unspecified atom stereocenters. The first-order valence-electron chi connectivity index (χ1n) is 6.60. The van der Waals surface area contributed by atoms with E-state index in [9.17, 15) is 14.6 Å². The number of rotatable bonds is 6.